The van der Waals surface area contributed by atoms with E-state index in [2.05, 4.69) is 15.3 Å². The van der Waals surface area contributed by atoms with Gasteiger partial charge in [-0.2, -0.15) is 0 Å². The van der Waals surface area contributed by atoms with Crippen molar-refractivity contribution >= 4 is 40.9 Å². The first-order valence-electron chi connectivity index (χ1n) is 9.63. The maximum absolute atomic E-state index is 12.5. The zero-order chi connectivity index (χ0) is 23.1. The molecule has 3 aromatic rings. The molecular formula is C22H21N5O4S. The fourth-order valence-corrected chi connectivity index (χ4v) is 3.11. The van der Waals surface area contributed by atoms with Crippen LogP contribution in [-0.4, -0.2) is 33.7 Å². The van der Waals surface area contributed by atoms with Crippen molar-refractivity contribution in [2.24, 2.45) is 5.73 Å². The third kappa shape index (κ3) is 5.76. The summed E-state index contributed by atoms with van der Waals surface area (Å²) in [6.45, 7) is 4.08. The minimum Gasteiger partial charge on any atom is -0.456 e. The van der Waals surface area contributed by atoms with Gasteiger partial charge in [0.05, 0.1) is 6.20 Å². The van der Waals surface area contributed by atoms with E-state index < -0.39 is 6.09 Å². The highest BCUT2D eigenvalue weighted by atomic mass is 32.1. The Kier molecular flexibility index (Phi) is 7.29. The number of nitrogens with zero attached hydrogens (tertiary/aromatic N) is 3. The highest BCUT2D eigenvalue weighted by Gasteiger charge is 2.15. The van der Waals surface area contributed by atoms with E-state index in [0.29, 0.717) is 35.2 Å². The molecule has 10 heteroatoms. The smallest absolute Gasteiger partial charge is 0.411 e. The van der Waals surface area contributed by atoms with Gasteiger partial charge in [0.2, 0.25) is 0 Å². The molecule has 0 unspecified atom stereocenters. The molecule has 2 amide bonds. The molecule has 0 aliphatic heterocycles. The minimum atomic E-state index is -0.987. The second-order valence-electron chi connectivity index (χ2n) is 6.54. The van der Waals surface area contributed by atoms with Gasteiger partial charge in [-0.3, -0.25) is 14.7 Å². The number of carbonyl (C=O) groups is 2. The normalized spacial score (nSPS) is 10.2. The van der Waals surface area contributed by atoms with Crippen molar-refractivity contribution in [3.05, 3.63) is 72.2 Å². The van der Waals surface area contributed by atoms with Gasteiger partial charge >= 0.3 is 6.09 Å². The molecule has 3 N–H and O–H groups in total. The molecule has 1 aromatic carbocycles. The standard InChI is InChI=1S/C22H21N5O4S/c1-3-27(22(32)31-21(23)29)18-10-9-17(13-25-18)30-16-8-4-7-15(12-16)26-20(28)19-14(2)6-5-11-24-19/h4-13H,3H2,1-2H3,(H2,23,29)(H,26,28). The van der Waals surface area contributed by atoms with Crippen molar-refractivity contribution in [3.8, 4) is 11.5 Å². The second-order valence-corrected chi connectivity index (χ2v) is 6.89. The summed E-state index contributed by atoms with van der Waals surface area (Å²) in [5.41, 5.74) is 6.72. The number of benzene rings is 1. The van der Waals surface area contributed by atoms with Crippen LogP contribution in [0.1, 0.15) is 23.0 Å². The van der Waals surface area contributed by atoms with Gasteiger partial charge in [-0.25, -0.2) is 9.78 Å². The number of ether oxygens (including phenoxy) is 2. The predicted octanol–water partition coefficient (Wildman–Crippen LogP) is 4.04. The first kappa shape index (κ1) is 22.6. The quantitative estimate of drug-likeness (QED) is 0.539. The summed E-state index contributed by atoms with van der Waals surface area (Å²) < 4.78 is 10.6. The van der Waals surface area contributed by atoms with E-state index in [4.69, 9.17) is 27.4 Å². The number of pyridine rings is 2. The summed E-state index contributed by atoms with van der Waals surface area (Å²) in [5, 5.41) is 2.73. The lowest BCUT2D eigenvalue weighted by molar-refractivity contribution is 0.102. The molecule has 0 spiro atoms. The number of nitrogens with one attached hydrogen (secondary N) is 1. The van der Waals surface area contributed by atoms with Crippen molar-refractivity contribution in [2.75, 3.05) is 16.8 Å². The first-order valence-corrected chi connectivity index (χ1v) is 10.0. The topological polar surface area (TPSA) is 120 Å². The van der Waals surface area contributed by atoms with Crippen LogP contribution in [0.15, 0.2) is 60.9 Å². The molecule has 0 aliphatic carbocycles. The van der Waals surface area contributed by atoms with Crippen LogP contribution in [0.5, 0.6) is 11.5 Å². The average Bonchev–Trinajstić information content (AvgIpc) is 2.75. The number of nitrogens with two attached hydrogens (primary N) is 1. The van der Waals surface area contributed by atoms with E-state index in [1.165, 1.54) is 11.1 Å². The molecule has 32 heavy (non-hydrogen) atoms. The van der Waals surface area contributed by atoms with Gasteiger partial charge in [-0.05, 0) is 62.0 Å². The molecule has 164 valence electrons. The molecule has 0 radical (unpaired) electrons. The number of carbonyl (C=O) groups excluding carboxylic acids is 2. The summed E-state index contributed by atoms with van der Waals surface area (Å²) in [7, 11) is 0. The highest BCUT2D eigenvalue weighted by Crippen LogP contribution is 2.25. The van der Waals surface area contributed by atoms with Crippen LogP contribution in [0.3, 0.4) is 0 Å². The van der Waals surface area contributed by atoms with E-state index in [0.717, 1.165) is 5.56 Å². The van der Waals surface area contributed by atoms with E-state index in [1.807, 2.05) is 19.9 Å². The largest absolute Gasteiger partial charge is 0.456 e. The molecule has 0 aliphatic rings. The molecule has 0 saturated heterocycles. The van der Waals surface area contributed by atoms with Gasteiger partial charge < -0.3 is 20.5 Å². The van der Waals surface area contributed by atoms with Crippen molar-refractivity contribution in [1.29, 1.82) is 0 Å². The third-order valence-corrected chi connectivity index (χ3v) is 4.58. The Morgan fingerprint density at radius 2 is 1.94 bits per heavy atom. The summed E-state index contributed by atoms with van der Waals surface area (Å²) in [5.74, 6) is 1.14. The SMILES string of the molecule is CCN(C(=S)OC(N)=O)c1ccc(Oc2cccc(NC(=O)c3ncccc3C)c2)cn1. The fourth-order valence-electron chi connectivity index (χ4n) is 2.81. The van der Waals surface area contributed by atoms with Gasteiger partial charge in [0.15, 0.2) is 0 Å². The maximum Gasteiger partial charge on any atom is 0.411 e. The average molecular weight is 452 g/mol. The predicted molar refractivity (Wildman–Crippen MR) is 124 cm³/mol. The summed E-state index contributed by atoms with van der Waals surface area (Å²) in [6.07, 6.45) is 2.09. The molecule has 9 nitrogen and oxygen atoms in total. The Labute approximate surface area is 190 Å². The van der Waals surface area contributed by atoms with E-state index in [9.17, 15) is 9.59 Å². The van der Waals surface area contributed by atoms with Crippen LogP contribution in [-0.2, 0) is 4.74 Å². The van der Waals surface area contributed by atoms with Gasteiger partial charge in [-0.1, -0.05) is 12.1 Å². The number of hydrogen-bond acceptors (Lipinski definition) is 7. The Bertz CT molecular complexity index is 1140. The Balaban J connectivity index is 1.69. The molecule has 0 bridgehead atoms. The monoisotopic (exact) mass is 451 g/mol. The molecule has 0 fully saturated rings. The molecule has 0 saturated carbocycles. The zero-order valence-corrected chi connectivity index (χ0v) is 18.3. The molecule has 0 atom stereocenters. The van der Waals surface area contributed by atoms with Crippen LogP contribution in [0.4, 0.5) is 16.3 Å². The minimum absolute atomic E-state index is 0.0900. The van der Waals surface area contributed by atoms with E-state index >= 15 is 0 Å². The summed E-state index contributed by atoms with van der Waals surface area (Å²) in [4.78, 5) is 33.3. The number of aryl methyl sites for hydroxylation is 1. The Morgan fingerprint density at radius 3 is 2.59 bits per heavy atom. The third-order valence-electron chi connectivity index (χ3n) is 4.27. The van der Waals surface area contributed by atoms with Crippen LogP contribution in [0, 0.1) is 6.92 Å². The first-order chi connectivity index (χ1) is 15.4. The molecular weight excluding hydrogens is 430 g/mol. The lowest BCUT2D eigenvalue weighted by Gasteiger charge is -2.20. The summed E-state index contributed by atoms with van der Waals surface area (Å²) >= 11 is 5.06. The van der Waals surface area contributed by atoms with Crippen LogP contribution >= 0.6 is 12.2 Å². The number of aromatic nitrogens is 2. The fraction of sp³-hybridized carbons (Fsp3) is 0.136. The molecule has 3 rings (SSSR count). The van der Waals surface area contributed by atoms with Gasteiger partial charge in [0.25, 0.3) is 11.1 Å². The number of hydrogen-bond donors (Lipinski definition) is 2. The van der Waals surface area contributed by atoms with Crippen molar-refractivity contribution in [3.63, 3.8) is 0 Å². The number of primary amides is 1. The van der Waals surface area contributed by atoms with E-state index in [1.54, 1.807) is 48.7 Å². The van der Waals surface area contributed by atoms with Crippen LogP contribution in [0.2, 0.25) is 0 Å². The van der Waals surface area contributed by atoms with Crippen molar-refractivity contribution in [1.82, 2.24) is 9.97 Å². The molecule has 2 aromatic heterocycles. The summed E-state index contributed by atoms with van der Waals surface area (Å²) in [6, 6.07) is 13.9. The van der Waals surface area contributed by atoms with Crippen molar-refractivity contribution < 1.29 is 19.1 Å². The van der Waals surface area contributed by atoms with Gasteiger partial charge in [0.1, 0.15) is 23.0 Å². The van der Waals surface area contributed by atoms with Gasteiger partial charge in [-0.15, -0.1) is 0 Å². The number of anilines is 2. The Morgan fingerprint density at radius 1 is 1.12 bits per heavy atom. The van der Waals surface area contributed by atoms with Crippen LogP contribution in [0.25, 0.3) is 0 Å². The Hall–Kier alpha value is -4.05. The van der Waals surface area contributed by atoms with Gasteiger partial charge in [0, 0.05) is 24.5 Å². The lowest BCUT2D eigenvalue weighted by Crippen LogP contribution is -2.34. The maximum atomic E-state index is 12.5. The number of amides is 2. The second kappa shape index (κ2) is 10.3. The number of thiocarbonyl (C=S) groups is 1. The lowest BCUT2D eigenvalue weighted by atomic mass is 10.2. The van der Waals surface area contributed by atoms with Crippen LogP contribution < -0.4 is 20.7 Å². The zero-order valence-electron chi connectivity index (χ0n) is 17.4. The van der Waals surface area contributed by atoms with Crippen molar-refractivity contribution in [2.45, 2.75) is 13.8 Å². The highest BCUT2D eigenvalue weighted by molar-refractivity contribution is 7.80. The molecule has 2 heterocycles. The number of rotatable bonds is 6. The van der Waals surface area contributed by atoms with E-state index in [-0.39, 0.29) is 11.1 Å².